The third kappa shape index (κ3) is 4.03. The number of thiazole rings is 1. The second kappa shape index (κ2) is 7.44. The van der Waals surface area contributed by atoms with Crippen LogP contribution in [0, 0.1) is 12.7 Å². The van der Waals surface area contributed by atoms with Crippen LogP contribution in [0.5, 0.6) is 5.75 Å². The molecule has 1 amide bonds. The molecular formula is C19H17FN2O2S. The molecule has 0 aliphatic carbocycles. The number of aryl methyl sites for hydroxylation is 1. The molecule has 0 spiro atoms. The van der Waals surface area contributed by atoms with E-state index < -0.39 is 6.10 Å². The highest BCUT2D eigenvalue weighted by Gasteiger charge is 2.27. The molecular weight excluding hydrogens is 339 g/mol. The van der Waals surface area contributed by atoms with Crippen LogP contribution in [0.1, 0.15) is 12.6 Å². The zero-order chi connectivity index (χ0) is 17.8. The summed E-state index contributed by atoms with van der Waals surface area (Å²) in [6.07, 6.45) is -0.755. The average molecular weight is 356 g/mol. The van der Waals surface area contributed by atoms with E-state index in [1.807, 2.05) is 42.6 Å². The minimum absolute atomic E-state index is 0.245. The van der Waals surface area contributed by atoms with E-state index in [4.69, 9.17) is 4.74 Å². The molecule has 1 atom stereocenters. The van der Waals surface area contributed by atoms with E-state index in [0.717, 1.165) is 11.4 Å². The van der Waals surface area contributed by atoms with E-state index in [-0.39, 0.29) is 11.7 Å². The Morgan fingerprint density at radius 1 is 1.16 bits per heavy atom. The number of anilines is 2. The van der Waals surface area contributed by atoms with Crippen molar-refractivity contribution < 1.29 is 13.9 Å². The van der Waals surface area contributed by atoms with Gasteiger partial charge >= 0.3 is 0 Å². The third-order valence-corrected chi connectivity index (χ3v) is 4.45. The van der Waals surface area contributed by atoms with Crippen LogP contribution in [-0.2, 0) is 4.79 Å². The first kappa shape index (κ1) is 17.1. The first-order valence-corrected chi connectivity index (χ1v) is 8.66. The summed E-state index contributed by atoms with van der Waals surface area (Å²) >= 11 is 1.40. The van der Waals surface area contributed by atoms with Crippen molar-refractivity contribution in [2.24, 2.45) is 0 Å². The zero-order valence-electron chi connectivity index (χ0n) is 13.8. The highest BCUT2D eigenvalue weighted by Crippen LogP contribution is 2.29. The number of benzene rings is 2. The number of aromatic nitrogens is 1. The SMILES string of the molecule is Cc1csc(N(C(=O)[C@H](C)Oc2ccc(F)cc2)c2ccccc2)n1. The van der Waals surface area contributed by atoms with E-state index in [0.29, 0.717) is 10.9 Å². The van der Waals surface area contributed by atoms with Crippen LogP contribution >= 0.6 is 11.3 Å². The normalized spacial score (nSPS) is 11.8. The third-order valence-electron chi connectivity index (χ3n) is 3.51. The molecule has 1 heterocycles. The molecule has 0 saturated carbocycles. The standard InChI is InChI=1S/C19H17FN2O2S/c1-13-12-25-19(21-13)22(16-6-4-3-5-7-16)18(23)14(2)24-17-10-8-15(20)9-11-17/h3-12,14H,1-2H3/t14-/m0/s1. The molecule has 0 bridgehead atoms. The van der Waals surface area contributed by atoms with Gasteiger partial charge in [0.1, 0.15) is 11.6 Å². The van der Waals surface area contributed by atoms with Crippen molar-refractivity contribution in [3.8, 4) is 5.75 Å². The fourth-order valence-electron chi connectivity index (χ4n) is 2.30. The number of para-hydroxylation sites is 1. The monoisotopic (exact) mass is 356 g/mol. The lowest BCUT2D eigenvalue weighted by molar-refractivity contribution is -0.123. The zero-order valence-corrected chi connectivity index (χ0v) is 14.7. The van der Waals surface area contributed by atoms with E-state index >= 15 is 0 Å². The molecule has 0 N–H and O–H groups in total. The van der Waals surface area contributed by atoms with Gasteiger partial charge in [-0.05, 0) is 50.2 Å². The Hall–Kier alpha value is -2.73. The molecule has 0 aliphatic rings. The molecule has 0 saturated heterocycles. The maximum atomic E-state index is 13.0. The summed E-state index contributed by atoms with van der Waals surface area (Å²) in [5.41, 5.74) is 1.57. The molecule has 1 aromatic heterocycles. The van der Waals surface area contributed by atoms with Gasteiger partial charge in [-0.15, -0.1) is 11.3 Å². The summed E-state index contributed by atoms with van der Waals surface area (Å²) in [7, 11) is 0. The molecule has 4 nitrogen and oxygen atoms in total. The van der Waals surface area contributed by atoms with E-state index in [2.05, 4.69) is 4.98 Å². The van der Waals surface area contributed by atoms with Gasteiger partial charge in [-0.25, -0.2) is 9.37 Å². The van der Waals surface area contributed by atoms with Crippen molar-refractivity contribution in [3.05, 3.63) is 71.5 Å². The number of hydrogen-bond acceptors (Lipinski definition) is 4. The van der Waals surface area contributed by atoms with Gasteiger partial charge in [-0.3, -0.25) is 9.69 Å². The first-order valence-electron chi connectivity index (χ1n) is 7.78. The molecule has 0 radical (unpaired) electrons. The molecule has 0 fully saturated rings. The Balaban J connectivity index is 1.87. The summed E-state index contributed by atoms with van der Waals surface area (Å²) in [5, 5.41) is 2.48. The largest absolute Gasteiger partial charge is 0.481 e. The number of carbonyl (C=O) groups excluding carboxylic acids is 1. The van der Waals surface area contributed by atoms with Gasteiger partial charge in [0.25, 0.3) is 5.91 Å². The molecule has 25 heavy (non-hydrogen) atoms. The molecule has 0 unspecified atom stereocenters. The highest BCUT2D eigenvalue weighted by atomic mass is 32.1. The molecule has 128 valence electrons. The Kier molecular flexibility index (Phi) is 5.09. The van der Waals surface area contributed by atoms with Crippen molar-refractivity contribution in [1.82, 2.24) is 4.98 Å². The number of ether oxygens (including phenoxy) is 1. The van der Waals surface area contributed by atoms with Crippen LogP contribution in [0.15, 0.2) is 60.0 Å². The minimum atomic E-state index is -0.755. The van der Waals surface area contributed by atoms with Gasteiger partial charge < -0.3 is 4.74 Å². The summed E-state index contributed by atoms with van der Waals surface area (Å²) in [4.78, 5) is 19.0. The lowest BCUT2D eigenvalue weighted by Crippen LogP contribution is -2.37. The second-order valence-electron chi connectivity index (χ2n) is 5.49. The molecule has 2 aromatic carbocycles. The lowest BCUT2D eigenvalue weighted by Gasteiger charge is -2.24. The number of nitrogens with zero attached hydrogens (tertiary/aromatic N) is 2. The van der Waals surface area contributed by atoms with Crippen LogP contribution in [-0.4, -0.2) is 17.0 Å². The summed E-state index contributed by atoms with van der Waals surface area (Å²) in [6.45, 7) is 3.55. The van der Waals surface area contributed by atoms with Crippen molar-refractivity contribution in [1.29, 1.82) is 0 Å². The van der Waals surface area contributed by atoms with Crippen molar-refractivity contribution in [3.63, 3.8) is 0 Å². The number of carbonyl (C=O) groups is 1. The van der Waals surface area contributed by atoms with Crippen molar-refractivity contribution in [2.45, 2.75) is 20.0 Å². The van der Waals surface area contributed by atoms with Gasteiger partial charge in [-0.1, -0.05) is 18.2 Å². The summed E-state index contributed by atoms with van der Waals surface area (Å²) in [5.74, 6) is -0.161. The number of halogens is 1. The highest BCUT2D eigenvalue weighted by molar-refractivity contribution is 7.14. The van der Waals surface area contributed by atoms with Gasteiger partial charge in [-0.2, -0.15) is 0 Å². The molecule has 3 rings (SSSR count). The van der Waals surface area contributed by atoms with E-state index in [1.165, 1.54) is 35.6 Å². The number of amides is 1. The van der Waals surface area contributed by atoms with Gasteiger partial charge in [0.05, 0.1) is 11.4 Å². The molecule has 0 aliphatic heterocycles. The van der Waals surface area contributed by atoms with Gasteiger partial charge in [0.2, 0.25) is 0 Å². The van der Waals surface area contributed by atoms with Gasteiger partial charge in [0, 0.05) is 5.38 Å². The van der Waals surface area contributed by atoms with Crippen molar-refractivity contribution >= 4 is 28.1 Å². The maximum absolute atomic E-state index is 13.0. The van der Waals surface area contributed by atoms with E-state index in [9.17, 15) is 9.18 Å². The Labute approximate surface area is 149 Å². The van der Waals surface area contributed by atoms with Crippen LogP contribution in [0.3, 0.4) is 0 Å². The quantitative estimate of drug-likeness (QED) is 0.664. The fourth-order valence-corrected chi connectivity index (χ4v) is 3.13. The predicted octanol–water partition coefficient (Wildman–Crippen LogP) is 4.72. The average Bonchev–Trinajstić information content (AvgIpc) is 3.04. The first-order chi connectivity index (χ1) is 12.0. The van der Waals surface area contributed by atoms with Crippen LogP contribution in [0.4, 0.5) is 15.2 Å². The van der Waals surface area contributed by atoms with Crippen LogP contribution in [0.2, 0.25) is 0 Å². The molecule has 6 heteroatoms. The van der Waals surface area contributed by atoms with Crippen LogP contribution in [0.25, 0.3) is 0 Å². The van der Waals surface area contributed by atoms with Gasteiger partial charge in [0.15, 0.2) is 11.2 Å². The lowest BCUT2D eigenvalue weighted by atomic mass is 10.2. The smallest absolute Gasteiger partial charge is 0.274 e. The minimum Gasteiger partial charge on any atom is -0.481 e. The van der Waals surface area contributed by atoms with Crippen LogP contribution < -0.4 is 9.64 Å². The second-order valence-corrected chi connectivity index (χ2v) is 6.33. The van der Waals surface area contributed by atoms with Crippen molar-refractivity contribution in [2.75, 3.05) is 4.90 Å². The topological polar surface area (TPSA) is 42.4 Å². The Morgan fingerprint density at radius 2 is 1.84 bits per heavy atom. The number of hydrogen-bond donors (Lipinski definition) is 0. The fraction of sp³-hybridized carbons (Fsp3) is 0.158. The van der Waals surface area contributed by atoms with E-state index in [1.54, 1.807) is 11.8 Å². The predicted molar refractivity (Wildman–Crippen MR) is 96.9 cm³/mol. The maximum Gasteiger partial charge on any atom is 0.274 e. The Bertz CT molecular complexity index is 849. The molecule has 3 aromatic rings. The number of rotatable bonds is 5. The Morgan fingerprint density at radius 3 is 2.44 bits per heavy atom. The summed E-state index contributed by atoms with van der Waals surface area (Å²) in [6, 6.07) is 14.9. The summed E-state index contributed by atoms with van der Waals surface area (Å²) < 4.78 is 18.7.